The Hall–Kier alpha value is -0.910. The summed E-state index contributed by atoms with van der Waals surface area (Å²) >= 11 is 0. The Balaban J connectivity index is 2.61. The third-order valence-corrected chi connectivity index (χ3v) is 3.77. The zero-order valence-electron chi connectivity index (χ0n) is 13.3. The molecular formula is C14H26F2N2O6. The average molecular weight is 356 g/mol. The van der Waals surface area contributed by atoms with Crippen molar-refractivity contribution in [1.82, 2.24) is 5.32 Å². The first-order valence-corrected chi connectivity index (χ1v) is 7.95. The van der Waals surface area contributed by atoms with Crippen LogP contribution in [0, 0.1) is 0 Å². The van der Waals surface area contributed by atoms with Crippen molar-refractivity contribution in [2.75, 3.05) is 19.8 Å². The molecule has 24 heavy (non-hydrogen) atoms. The summed E-state index contributed by atoms with van der Waals surface area (Å²) in [4.78, 5) is 11.2. The molecule has 0 aromatic heterocycles. The fraction of sp³-hybridized carbons (Fsp3) is 0.929. The third kappa shape index (κ3) is 6.19. The van der Waals surface area contributed by atoms with Gasteiger partial charge in [0.2, 0.25) is 0 Å². The number of hydrogen-bond acceptors (Lipinski definition) is 7. The zero-order valence-corrected chi connectivity index (χ0v) is 13.3. The highest BCUT2D eigenvalue weighted by Crippen LogP contribution is 2.22. The lowest BCUT2D eigenvalue weighted by Crippen LogP contribution is -2.65. The molecule has 1 fully saturated rings. The van der Waals surface area contributed by atoms with Crippen LogP contribution in [0.2, 0.25) is 0 Å². The van der Waals surface area contributed by atoms with Crippen molar-refractivity contribution in [3.63, 3.8) is 0 Å². The number of alkyl halides is 2. The van der Waals surface area contributed by atoms with Crippen LogP contribution in [0.25, 0.3) is 0 Å². The summed E-state index contributed by atoms with van der Waals surface area (Å²) in [7, 11) is 0. The molecular weight excluding hydrogens is 330 g/mol. The Morgan fingerprint density at radius 1 is 1.21 bits per heavy atom. The molecule has 1 aliphatic rings. The van der Waals surface area contributed by atoms with Crippen LogP contribution >= 0.6 is 0 Å². The first kappa shape index (κ1) is 21.1. The fourth-order valence-electron chi connectivity index (χ4n) is 2.40. The van der Waals surface area contributed by atoms with Crippen LogP contribution in [0.5, 0.6) is 0 Å². The number of nitrogens with one attached hydrogen (secondary N) is 1. The molecule has 142 valence electrons. The number of rotatable bonds is 10. The third-order valence-electron chi connectivity index (χ3n) is 3.77. The van der Waals surface area contributed by atoms with Crippen molar-refractivity contribution in [2.45, 2.75) is 62.8 Å². The lowest BCUT2D eigenvalue weighted by molar-refractivity contribution is -0.270. The first-order chi connectivity index (χ1) is 11.4. The quantitative estimate of drug-likeness (QED) is 0.308. The highest BCUT2D eigenvalue weighted by atomic mass is 19.3. The van der Waals surface area contributed by atoms with Crippen LogP contribution < -0.4 is 11.1 Å². The van der Waals surface area contributed by atoms with Gasteiger partial charge in [0, 0.05) is 6.61 Å². The Kier molecular flexibility index (Phi) is 9.56. The standard InChI is InChI=1S/C14H26F2N2O6/c15-12(16)13(22)18-9-11(21)10(20)8(7-19)24-14(9)23-6-4-2-1-3-5-17/h8-12,14,19-21H,1-7,17H2,(H,18,22). The van der Waals surface area contributed by atoms with E-state index < -0.39 is 49.6 Å². The van der Waals surface area contributed by atoms with Gasteiger partial charge in [-0.3, -0.25) is 4.79 Å². The molecule has 0 aliphatic carbocycles. The predicted molar refractivity (Wildman–Crippen MR) is 79.2 cm³/mol. The number of aliphatic hydroxyl groups is 3. The van der Waals surface area contributed by atoms with Crippen LogP contribution in [-0.2, 0) is 14.3 Å². The molecule has 10 heteroatoms. The van der Waals surface area contributed by atoms with Gasteiger partial charge in [-0.2, -0.15) is 8.78 Å². The highest BCUT2D eigenvalue weighted by Gasteiger charge is 2.46. The number of carbonyl (C=O) groups excluding carboxylic acids is 1. The molecule has 0 bridgehead atoms. The molecule has 0 saturated carbocycles. The normalized spacial score (nSPS) is 30.5. The van der Waals surface area contributed by atoms with E-state index in [1.54, 1.807) is 0 Å². The van der Waals surface area contributed by atoms with Gasteiger partial charge in [0.15, 0.2) is 6.29 Å². The minimum atomic E-state index is -3.28. The van der Waals surface area contributed by atoms with E-state index in [-0.39, 0.29) is 6.61 Å². The number of hydrogen-bond donors (Lipinski definition) is 5. The van der Waals surface area contributed by atoms with E-state index in [9.17, 15) is 23.8 Å². The zero-order chi connectivity index (χ0) is 18.1. The van der Waals surface area contributed by atoms with E-state index in [2.05, 4.69) is 0 Å². The number of aliphatic hydroxyl groups excluding tert-OH is 3. The number of nitrogens with two attached hydrogens (primary N) is 1. The van der Waals surface area contributed by atoms with Gasteiger partial charge >= 0.3 is 6.43 Å². The summed E-state index contributed by atoms with van der Waals surface area (Å²) in [6.45, 7) is 0.206. The lowest BCUT2D eigenvalue weighted by Gasteiger charge is -2.42. The molecule has 0 radical (unpaired) electrons. The summed E-state index contributed by atoms with van der Waals surface area (Å²) in [5, 5.41) is 30.9. The molecule has 1 amide bonds. The molecule has 0 spiro atoms. The van der Waals surface area contributed by atoms with E-state index in [0.717, 1.165) is 19.3 Å². The van der Waals surface area contributed by atoms with Crippen molar-refractivity contribution in [2.24, 2.45) is 5.73 Å². The second kappa shape index (κ2) is 10.9. The van der Waals surface area contributed by atoms with Crippen molar-refractivity contribution in [3.05, 3.63) is 0 Å². The molecule has 5 unspecified atom stereocenters. The summed E-state index contributed by atoms with van der Waals surface area (Å²) in [6.07, 6.45) is -5.53. The van der Waals surface area contributed by atoms with E-state index in [1.807, 2.05) is 5.32 Å². The topological polar surface area (TPSA) is 134 Å². The maximum absolute atomic E-state index is 12.4. The molecule has 0 aromatic carbocycles. The van der Waals surface area contributed by atoms with Crippen molar-refractivity contribution in [3.8, 4) is 0 Å². The lowest BCUT2D eigenvalue weighted by atomic mass is 9.97. The van der Waals surface area contributed by atoms with Crippen LogP contribution in [0.4, 0.5) is 8.78 Å². The number of ether oxygens (including phenoxy) is 2. The van der Waals surface area contributed by atoms with Gasteiger partial charge in [0.05, 0.1) is 6.61 Å². The Bertz CT molecular complexity index is 377. The van der Waals surface area contributed by atoms with E-state index in [4.69, 9.17) is 20.3 Å². The van der Waals surface area contributed by atoms with E-state index in [1.165, 1.54) is 0 Å². The Morgan fingerprint density at radius 3 is 2.46 bits per heavy atom. The SMILES string of the molecule is NCCCCCCOC1OC(CO)C(O)C(O)C1NC(=O)C(F)F. The molecule has 5 atom stereocenters. The molecule has 8 nitrogen and oxygen atoms in total. The summed E-state index contributed by atoms with van der Waals surface area (Å²) in [6, 6.07) is -1.37. The molecule has 1 saturated heterocycles. The van der Waals surface area contributed by atoms with Crippen molar-refractivity contribution in [1.29, 1.82) is 0 Å². The maximum atomic E-state index is 12.4. The number of halogens is 2. The number of amides is 1. The van der Waals surface area contributed by atoms with Gasteiger partial charge in [-0.1, -0.05) is 12.8 Å². The summed E-state index contributed by atoms with van der Waals surface area (Å²) in [5.74, 6) is -1.60. The second-order valence-corrected chi connectivity index (χ2v) is 5.62. The van der Waals surface area contributed by atoms with Gasteiger partial charge in [-0.05, 0) is 19.4 Å². The average Bonchev–Trinajstić information content (AvgIpc) is 2.56. The Labute approximate surface area is 138 Å². The van der Waals surface area contributed by atoms with Crippen LogP contribution in [0.3, 0.4) is 0 Å². The molecule has 1 rings (SSSR count). The molecule has 0 aromatic rings. The van der Waals surface area contributed by atoms with Gasteiger partial charge in [-0.25, -0.2) is 0 Å². The second-order valence-electron chi connectivity index (χ2n) is 5.62. The van der Waals surface area contributed by atoms with Crippen LogP contribution in [0.15, 0.2) is 0 Å². The summed E-state index contributed by atoms with van der Waals surface area (Å²) in [5.41, 5.74) is 5.38. The predicted octanol–water partition coefficient (Wildman–Crippen LogP) is -1.29. The number of carbonyl (C=O) groups is 1. The van der Waals surface area contributed by atoms with Gasteiger partial charge in [0.1, 0.15) is 24.4 Å². The minimum Gasteiger partial charge on any atom is -0.394 e. The number of unbranched alkanes of at least 4 members (excludes halogenated alkanes) is 3. The van der Waals surface area contributed by atoms with Gasteiger partial charge < -0.3 is 35.8 Å². The van der Waals surface area contributed by atoms with Crippen LogP contribution in [-0.4, -0.2) is 78.1 Å². The molecule has 1 aliphatic heterocycles. The molecule has 1 heterocycles. The smallest absolute Gasteiger partial charge is 0.315 e. The van der Waals surface area contributed by atoms with Gasteiger partial charge in [-0.15, -0.1) is 0 Å². The molecule has 6 N–H and O–H groups in total. The van der Waals surface area contributed by atoms with Crippen molar-refractivity contribution < 1.29 is 38.4 Å². The fourth-order valence-corrected chi connectivity index (χ4v) is 2.40. The monoisotopic (exact) mass is 356 g/mol. The van der Waals surface area contributed by atoms with E-state index >= 15 is 0 Å². The van der Waals surface area contributed by atoms with E-state index in [0.29, 0.717) is 13.0 Å². The van der Waals surface area contributed by atoms with Crippen LogP contribution in [0.1, 0.15) is 25.7 Å². The largest absolute Gasteiger partial charge is 0.394 e. The maximum Gasteiger partial charge on any atom is 0.315 e. The minimum absolute atomic E-state index is 0.206. The van der Waals surface area contributed by atoms with Gasteiger partial charge in [0.25, 0.3) is 5.91 Å². The first-order valence-electron chi connectivity index (χ1n) is 7.95. The summed E-state index contributed by atoms with van der Waals surface area (Å²) < 4.78 is 35.5. The van der Waals surface area contributed by atoms with Crippen molar-refractivity contribution >= 4 is 5.91 Å². The highest BCUT2D eigenvalue weighted by molar-refractivity contribution is 5.79. The Morgan fingerprint density at radius 2 is 1.88 bits per heavy atom.